The molecule has 30 heavy (non-hydrogen) atoms. The summed E-state index contributed by atoms with van der Waals surface area (Å²) in [7, 11) is 0. The van der Waals surface area contributed by atoms with E-state index in [0.717, 1.165) is 30.4 Å². The number of carbonyl (C=O) groups is 1. The lowest BCUT2D eigenvalue weighted by atomic mass is 9.88. The van der Waals surface area contributed by atoms with Crippen molar-refractivity contribution < 1.29 is 9.53 Å². The molecule has 2 aromatic rings. The molecule has 160 valence electrons. The van der Waals surface area contributed by atoms with Gasteiger partial charge in [0.15, 0.2) is 0 Å². The molecule has 0 radical (unpaired) electrons. The molecule has 0 aromatic heterocycles. The van der Waals surface area contributed by atoms with Gasteiger partial charge in [0, 0.05) is 22.5 Å². The van der Waals surface area contributed by atoms with Crippen molar-refractivity contribution in [3.8, 4) is 0 Å². The Balaban J connectivity index is 2.16. The van der Waals surface area contributed by atoms with Crippen LogP contribution in [0, 0.1) is 0 Å². The van der Waals surface area contributed by atoms with E-state index in [1.165, 1.54) is 0 Å². The number of rotatable bonds is 8. The molecule has 0 saturated carbocycles. The van der Waals surface area contributed by atoms with Gasteiger partial charge in [-0.1, -0.05) is 73.8 Å². The van der Waals surface area contributed by atoms with Crippen molar-refractivity contribution in [2.45, 2.75) is 63.8 Å². The van der Waals surface area contributed by atoms with Crippen molar-refractivity contribution in [3.63, 3.8) is 0 Å². The van der Waals surface area contributed by atoms with E-state index >= 15 is 0 Å². The molecule has 1 amide bonds. The SMILES string of the molecule is C=CC[C@H]1O[C@H](c2cccc(Cl)c2)[C@H](c2ccc(Cl)cc2)N([C@H](CC)CCC)C1=O. The summed E-state index contributed by atoms with van der Waals surface area (Å²) in [5.41, 5.74) is 1.96. The third-order valence-electron chi connectivity index (χ3n) is 5.68. The number of benzene rings is 2. The van der Waals surface area contributed by atoms with Crippen molar-refractivity contribution >= 4 is 29.1 Å². The Labute approximate surface area is 189 Å². The molecule has 0 unspecified atom stereocenters. The highest BCUT2D eigenvalue weighted by Gasteiger charge is 2.45. The van der Waals surface area contributed by atoms with E-state index in [1.807, 2.05) is 48.5 Å². The number of ether oxygens (including phenoxy) is 1. The van der Waals surface area contributed by atoms with Gasteiger partial charge in [0.1, 0.15) is 12.2 Å². The topological polar surface area (TPSA) is 29.5 Å². The molecule has 3 nitrogen and oxygen atoms in total. The molecule has 3 rings (SSSR count). The molecule has 0 N–H and O–H groups in total. The van der Waals surface area contributed by atoms with Crippen LogP contribution >= 0.6 is 23.2 Å². The summed E-state index contributed by atoms with van der Waals surface area (Å²) in [6.07, 6.45) is 4.16. The second kappa shape index (κ2) is 10.5. The van der Waals surface area contributed by atoms with Crippen LogP contribution < -0.4 is 0 Å². The average Bonchev–Trinajstić information content (AvgIpc) is 2.74. The fourth-order valence-electron chi connectivity index (χ4n) is 4.29. The first-order chi connectivity index (χ1) is 14.5. The summed E-state index contributed by atoms with van der Waals surface area (Å²) in [4.78, 5) is 15.6. The third-order valence-corrected chi connectivity index (χ3v) is 6.17. The third kappa shape index (κ3) is 4.91. The van der Waals surface area contributed by atoms with Gasteiger partial charge < -0.3 is 9.64 Å². The number of amides is 1. The first-order valence-corrected chi connectivity index (χ1v) is 11.3. The van der Waals surface area contributed by atoms with Crippen LogP contribution in [0.1, 0.15) is 62.8 Å². The quantitative estimate of drug-likeness (QED) is 0.403. The van der Waals surface area contributed by atoms with E-state index in [1.54, 1.807) is 6.08 Å². The molecule has 5 heteroatoms. The number of hydrogen-bond donors (Lipinski definition) is 0. The molecule has 1 aliphatic rings. The molecule has 1 fully saturated rings. The van der Waals surface area contributed by atoms with Crippen LogP contribution in [0.5, 0.6) is 0 Å². The predicted octanol–water partition coefficient (Wildman–Crippen LogP) is 7.16. The lowest BCUT2D eigenvalue weighted by Crippen LogP contribution is -2.54. The van der Waals surface area contributed by atoms with Crippen LogP contribution in [0.4, 0.5) is 0 Å². The van der Waals surface area contributed by atoms with Crippen molar-refractivity contribution in [2.24, 2.45) is 0 Å². The van der Waals surface area contributed by atoms with Gasteiger partial charge in [-0.25, -0.2) is 0 Å². The molecule has 2 aromatic carbocycles. The summed E-state index contributed by atoms with van der Waals surface area (Å²) in [6, 6.07) is 15.3. The monoisotopic (exact) mass is 445 g/mol. The molecule has 4 atom stereocenters. The van der Waals surface area contributed by atoms with Gasteiger partial charge in [-0.05, 0) is 48.2 Å². The van der Waals surface area contributed by atoms with E-state index < -0.39 is 6.10 Å². The normalized spacial score (nSPS) is 22.7. The zero-order chi connectivity index (χ0) is 21.7. The van der Waals surface area contributed by atoms with E-state index in [9.17, 15) is 4.79 Å². The highest BCUT2D eigenvalue weighted by atomic mass is 35.5. The van der Waals surface area contributed by atoms with Crippen molar-refractivity contribution in [2.75, 3.05) is 0 Å². The molecule has 0 spiro atoms. The molecule has 0 bridgehead atoms. The summed E-state index contributed by atoms with van der Waals surface area (Å²) < 4.78 is 6.43. The zero-order valence-corrected chi connectivity index (χ0v) is 19.1. The Hall–Kier alpha value is -1.81. The van der Waals surface area contributed by atoms with Gasteiger partial charge in [0.2, 0.25) is 0 Å². The van der Waals surface area contributed by atoms with Gasteiger partial charge in [0.25, 0.3) is 5.91 Å². The minimum atomic E-state index is -0.555. The molecule has 1 saturated heterocycles. The average molecular weight is 446 g/mol. The first-order valence-electron chi connectivity index (χ1n) is 10.6. The highest BCUT2D eigenvalue weighted by molar-refractivity contribution is 6.30. The summed E-state index contributed by atoms with van der Waals surface area (Å²) in [6.45, 7) is 8.12. The van der Waals surface area contributed by atoms with E-state index in [4.69, 9.17) is 27.9 Å². The van der Waals surface area contributed by atoms with Gasteiger partial charge in [0.05, 0.1) is 6.04 Å². The molecule has 1 aliphatic heterocycles. The largest absolute Gasteiger partial charge is 0.358 e. The van der Waals surface area contributed by atoms with E-state index in [0.29, 0.717) is 16.5 Å². The van der Waals surface area contributed by atoms with Gasteiger partial charge in [-0.3, -0.25) is 4.79 Å². The maximum absolute atomic E-state index is 13.6. The maximum atomic E-state index is 13.6. The van der Waals surface area contributed by atoms with Crippen molar-refractivity contribution in [3.05, 3.63) is 82.4 Å². The fourth-order valence-corrected chi connectivity index (χ4v) is 4.61. The predicted molar refractivity (Wildman–Crippen MR) is 124 cm³/mol. The van der Waals surface area contributed by atoms with Crippen molar-refractivity contribution in [1.82, 2.24) is 4.90 Å². The van der Waals surface area contributed by atoms with E-state index in [-0.39, 0.29) is 24.1 Å². The van der Waals surface area contributed by atoms with Crippen LogP contribution in [0.3, 0.4) is 0 Å². The van der Waals surface area contributed by atoms with Crippen LogP contribution in [0.15, 0.2) is 61.2 Å². The Morgan fingerprint density at radius 3 is 2.43 bits per heavy atom. The minimum absolute atomic E-state index is 0.0217. The van der Waals surface area contributed by atoms with Crippen LogP contribution in [-0.2, 0) is 9.53 Å². The second-order valence-electron chi connectivity index (χ2n) is 7.72. The number of morpholine rings is 1. The van der Waals surface area contributed by atoms with Crippen LogP contribution in [-0.4, -0.2) is 23.0 Å². The summed E-state index contributed by atoms with van der Waals surface area (Å²) in [5.74, 6) is 0.0217. The molecule has 0 aliphatic carbocycles. The number of halogens is 2. The van der Waals surface area contributed by atoms with Gasteiger partial charge in [-0.2, -0.15) is 0 Å². The van der Waals surface area contributed by atoms with Gasteiger partial charge >= 0.3 is 0 Å². The number of carbonyl (C=O) groups excluding carboxylic acids is 1. The summed E-state index contributed by atoms with van der Waals surface area (Å²) in [5, 5.41) is 1.31. The summed E-state index contributed by atoms with van der Waals surface area (Å²) >= 11 is 12.5. The Kier molecular flexibility index (Phi) is 7.99. The van der Waals surface area contributed by atoms with Crippen molar-refractivity contribution in [1.29, 1.82) is 0 Å². The standard InChI is InChI=1S/C25H29Cl2NO2/c1-4-8-21(6-3)28-23(17-12-14-19(26)15-13-17)24(18-10-7-11-20(27)16-18)30-22(9-5-2)25(28)29/h5,7,10-16,21-24H,2,4,6,8-9H2,1,3H3/t21-,22-,23+,24-/m1/s1. The molecular weight excluding hydrogens is 417 g/mol. The minimum Gasteiger partial charge on any atom is -0.358 e. The maximum Gasteiger partial charge on any atom is 0.252 e. The number of hydrogen-bond acceptors (Lipinski definition) is 2. The highest BCUT2D eigenvalue weighted by Crippen LogP contribution is 2.45. The molecule has 1 heterocycles. The lowest BCUT2D eigenvalue weighted by molar-refractivity contribution is -0.179. The second-order valence-corrected chi connectivity index (χ2v) is 8.59. The zero-order valence-electron chi connectivity index (χ0n) is 17.6. The fraction of sp³-hybridized carbons (Fsp3) is 0.400. The Morgan fingerprint density at radius 2 is 1.83 bits per heavy atom. The smallest absolute Gasteiger partial charge is 0.252 e. The van der Waals surface area contributed by atoms with Crippen LogP contribution in [0.2, 0.25) is 10.0 Å². The molecular formula is C25H29Cl2NO2. The first kappa shape index (κ1) is 22.9. The Bertz CT molecular complexity index is 868. The van der Waals surface area contributed by atoms with Crippen LogP contribution in [0.25, 0.3) is 0 Å². The van der Waals surface area contributed by atoms with Gasteiger partial charge in [-0.15, -0.1) is 6.58 Å². The number of nitrogens with zero attached hydrogens (tertiary/aromatic N) is 1. The van der Waals surface area contributed by atoms with E-state index in [2.05, 4.69) is 25.3 Å². The Morgan fingerprint density at radius 1 is 1.10 bits per heavy atom. The lowest BCUT2D eigenvalue weighted by Gasteiger charge is -2.48.